The molecule has 0 saturated heterocycles. The van der Waals surface area contributed by atoms with Crippen LogP contribution in [-0.4, -0.2) is 11.1 Å². The average molecular weight is 230 g/mol. The summed E-state index contributed by atoms with van der Waals surface area (Å²) in [5.41, 5.74) is 0.598. The summed E-state index contributed by atoms with van der Waals surface area (Å²) in [6.45, 7) is 1.45. The number of aromatic carboxylic acids is 1. The number of rotatable bonds is 2. The average Bonchev–Trinajstić information content (AvgIpc) is 2.33. The molecular weight excluding hydrogens is 220 g/mol. The van der Waals surface area contributed by atoms with E-state index in [1.165, 1.54) is 13.2 Å². The van der Waals surface area contributed by atoms with Gasteiger partial charge in [0.25, 0.3) is 0 Å². The molecule has 0 bridgehead atoms. The molecule has 1 aromatic heterocycles. The molecule has 0 aliphatic heterocycles. The van der Waals surface area contributed by atoms with Crippen molar-refractivity contribution in [3.8, 4) is 11.1 Å². The van der Waals surface area contributed by atoms with Crippen molar-refractivity contribution < 1.29 is 14.3 Å². The molecule has 0 aliphatic rings. The van der Waals surface area contributed by atoms with E-state index in [9.17, 15) is 9.59 Å². The summed E-state index contributed by atoms with van der Waals surface area (Å²) in [6, 6.07) is 8.95. The van der Waals surface area contributed by atoms with Gasteiger partial charge >= 0.3 is 11.6 Å². The predicted octanol–water partition coefficient (Wildman–Crippen LogP) is 2.31. The first kappa shape index (κ1) is 11.1. The molecule has 0 fully saturated rings. The molecule has 1 heterocycles. The molecule has 0 aliphatic carbocycles. The van der Waals surface area contributed by atoms with E-state index in [2.05, 4.69) is 0 Å². The monoisotopic (exact) mass is 230 g/mol. The van der Waals surface area contributed by atoms with Crippen molar-refractivity contribution in [3.05, 3.63) is 58.1 Å². The minimum Gasteiger partial charge on any atom is -0.478 e. The van der Waals surface area contributed by atoms with Gasteiger partial charge in [0.2, 0.25) is 0 Å². The summed E-state index contributed by atoms with van der Waals surface area (Å²) in [4.78, 5) is 22.5. The van der Waals surface area contributed by atoms with Crippen LogP contribution in [0.2, 0.25) is 0 Å². The summed E-state index contributed by atoms with van der Waals surface area (Å²) < 4.78 is 4.82. The van der Waals surface area contributed by atoms with E-state index < -0.39 is 11.6 Å². The quantitative estimate of drug-likeness (QED) is 0.859. The van der Waals surface area contributed by atoms with Crippen LogP contribution in [-0.2, 0) is 0 Å². The highest BCUT2D eigenvalue weighted by atomic mass is 16.4. The molecule has 0 amide bonds. The number of hydrogen-bond acceptors (Lipinski definition) is 3. The van der Waals surface area contributed by atoms with E-state index in [1.54, 1.807) is 24.3 Å². The van der Waals surface area contributed by atoms with Crippen LogP contribution < -0.4 is 5.63 Å². The summed E-state index contributed by atoms with van der Waals surface area (Å²) in [5.74, 6) is -1.13. The Labute approximate surface area is 97.1 Å². The lowest BCUT2D eigenvalue weighted by atomic mass is 10.00. The fraction of sp³-hybridized carbons (Fsp3) is 0.0769. The van der Waals surface area contributed by atoms with Crippen molar-refractivity contribution in [2.24, 2.45) is 0 Å². The molecule has 2 aromatic rings. The Kier molecular flexibility index (Phi) is 2.78. The molecule has 4 heteroatoms. The largest absolute Gasteiger partial charge is 0.478 e. The highest BCUT2D eigenvalue weighted by molar-refractivity contribution is 5.96. The van der Waals surface area contributed by atoms with Crippen LogP contribution in [0, 0.1) is 6.92 Å². The Morgan fingerprint density at radius 2 is 1.88 bits per heavy atom. The minimum absolute atomic E-state index is 0.00699. The van der Waals surface area contributed by atoms with Crippen LogP contribution in [0.4, 0.5) is 0 Å². The van der Waals surface area contributed by atoms with Crippen molar-refractivity contribution >= 4 is 5.97 Å². The van der Waals surface area contributed by atoms with E-state index in [0.717, 1.165) is 0 Å². The summed E-state index contributed by atoms with van der Waals surface area (Å²) in [5, 5.41) is 9.15. The maximum absolute atomic E-state index is 11.3. The van der Waals surface area contributed by atoms with Crippen LogP contribution >= 0.6 is 0 Å². The maximum Gasteiger partial charge on any atom is 0.339 e. The van der Waals surface area contributed by atoms with Crippen molar-refractivity contribution in [3.63, 3.8) is 0 Å². The minimum atomic E-state index is -1.13. The molecule has 4 nitrogen and oxygen atoms in total. The molecule has 17 heavy (non-hydrogen) atoms. The molecule has 0 radical (unpaired) electrons. The van der Waals surface area contributed by atoms with Crippen LogP contribution in [0.15, 0.2) is 45.8 Å². The molecular formula is C13H10O4. The molecule has 1 aromatic carbocycles. The first-order valence-electron chi connectivity index (χ1n) is 5.02. The van der Waals surface area contributed by atoms with Crippen LogP contribution in [0.1, 0.15) is 15.9 Å². The van der Waals surface area contributed by atoms with E-state index in [0.29, 0.717) is 11.1 Å². The summed E-state index contributed by atoms with van der Waals surface area (Å²) >= 11 is 0. The van der Waals surface area contributed by atoms with Crippen molar-refractivity contribution in [1.82, 2.24) is 0 Å². The lowest BCUT2D eigenvalue weighted by Gasteiger charge is -2.06. The SMILES string of the molecule is Cc1c(C(=O)O)c(-c2ccccc2)coc1=O. The Balaban J connectivity index is 2.75. The smallest absolute Gasteiger partial charge is 0.339 e. The normalized spacial score (nSPS) is 10.2. The first-order chi connectivity index (χ1) is 8.11. The molecule has 86 valence electrons. The van der Waals surface area contributed by atoms with Gasteiger partial charge in [-0.25, -0.2) is 9.59 Å². The van der Waals surface area contributed by atoms with Crippen molar-refractivity contribution in [2.45, 2.75) is 6.92 Å². The van der Waals surface area contributed by atoms with Crippen LogP contribution in [0.5, 0.6) is 0 Å². The number of carboxylic acids is 1. The Bertz CT molecular complexity index is 611. The van der Waals surface area contributed by atoms with Gasteiger partial charge < -0.3 is 9.52 Å². The molecule has 0 unspecified atom stereocenters. The van der Waals surface area contributed by atoms with E-state index >= 15 is 0 Å². The molecule has 0 atom stereocenters. The summed E-state index contributed by atoms with van der Waals surface area (Å²) in [6.07, 6.45) is 1.19. The second-order valence-corrected chi connectivity index (χ2v) is 3.61. The summed E-state index contributed by atoms with van der Waals surface area (Å²) in [7, 11) is 0. The van der Waals surface area contributed by atoms with Gasteiger partial charge in [-0.05, 0) is 12.5 Å². The lowest BCUT2D eigenvalue weighted by Crippen LogP contribution is -2.12. The third-order valence-electron chi connectivity index (χ3n) is 2.53. The number of carbonyl (C=O) groups is 1. The highest BCUT2D eigenvalue weighted by Gasteiger charge is 2.18. The molecule has 1 N–H and O–H groups in total. The number of hydrogen-bond donors (Lipinski definition) is 1. The van der Waals surface area contributed by atoms with Crippen LogP contribution in [0.3, 0.4) is 0 Å². The van der Waals surface area contributed by atoms with Crippen molar-refractivity contribution in [1.29, 1.82) is 0 Å². The topological polar surface area (TPSA) is 67.5 Å². The fourth-order valence-corrected chi connectivity index (χ4v) is 1.67. The predicted molar refractivity (Wildman–Crippen MR) is 62.1 cm³/mol. The van der Waals surface area contributed by atoms with E-state index in [1.807, 2.05) is 6.07 Å². The maximum atomic E-state index is 11.3. The van der Waals surface area contributed by atoms with Gasteiger partial charge in [-0.2, -0.15) is 0 Å². The van der Waals surface area contributed by atoms with Gasteiger partial charge in [0.15, 0.2) is 0 Å². The highest BCUT2D eigenvalue weighted by Crippen LogP contribution is 2.24. The fourth-order valence-electron chi connectivity index (χ4n) is 1.67. The van der Waals surface area contributed by atoms with Gasteiger partial charge in [-0.1, -0.05) is 30.3 Å². The second kappa shape index (κ2) is 4.25. The van der Waals surface area contributed by atoms with E-state index in [4.69, 9.17) is 9.52 Å². The zero-order chi connectivity index (χ0) is 12.4. The number of benzene rings is 1. The van der Waals surface area contributed by atoms with Gasteiger partial charge in [0, 0.05) is 11.1 Å². The van der Waals surface area contributed by atoms with Gasteiger partial charge in [-0.3, -0.25) is 0 Å². The van der Waals surface area contributed by atoms with E-state index in [-0.39, 0.29) is 11.1 Å². The molecule has 2 rings (SSSR count). The lowest BCUT2D eigenvalue weighted by molar-refractivity contribution is 0.0696. The van der Waals surface area contributed by atoms with Gasteiger partial charge in [0.05, 0.1) is 5.56 Å². The molecule has 0 spiro atoms. The Morgan fingerprint density at radius 3 is 2.47 bits per heavy atom. The van der Waals surface area contributed by atoms with Gasteiger partial charge in [0.1, 0.15) is 6.26 Å². The molecule has 0 saturated carbocycles. The Hall–Kier alpha value is -2.36. The first-order valence-corrected chi connectivity index (χ1v) is 5.02. The van der Waals surface area contributed by atoms with Crippen LogP contribution in [0.25, 0.3) is 11.1 Å². The standard InChI is InChI=1S/C13H10O4/c1-8-11(12(14)15)10(7-17-13(8)16)9-5-3-2-4-6-9/h2-7H,1H3,(H,14,15). The third-order valence-corrected chi connectivity index (χ3v) is 2.53. The number of carboxylic acid groups (broad SMARTS) is 1. The zero-order valence-corrected chi connectivity index (χ0v) is 9.14. The second-order valence-electron chi connectivity index (χ2n) is 3.61. The Morgan fingerprint density at radius 1 is 1.24 bits per heavy atom. The van der Waals surface area contributed by atoms with Gasteiger partial charge in [-0.15, -0.1) is 0 Å². The zero-order valence-electron chi connectivity index (χ0n) is 9.14. The third kappa shape index (κ3) is 1.97. The van der Waals surface area contributed by atoms with Crippen molar-refractivity contribution in [2.75, 3.05) is 0 Å².